The molecule has 2 saturated heterocycles. The molecule has 0 aliphatic carbocycles. The second kappa shape index (κ2) is 6.19. The molecule has 8 heteroatoms. The Labute approximate surface area is 118 Å². The van der Waals surface area contributed by atoms with E-state index in [4.69, 9.17) is 10.6 Å². The van der Waals surface area contributed by atoms with Crippen molar-refractivity contribution >= 4 is 17.8 Å². The summed E-state index contributed by atoms with van der Waals surface area (Å²) in [6.07, 6.45) is 4.59. The Morgan fingerprint density at radius 2 is 1.90 bits per heavy atom. The van der Waals surface area contributed by atoms with Crippen LogP contribution in [-0.2, 0) is 4.74 Å². The van der Waals surface area contributed by atoms with Gasteiger partial charge in [0.1, 0.15) is 0 Å². The number of hydrogen-bond acceptors (Lipinski definition) is 8. The molecule has 1 atom stereocenters. The molecule has 0 amide bonds. The van der Waals surface area contributed by atoms with Crippen LogP contribution in [0.2, 0.25) is 0 Å². The molecule has 1 unspecified atom stereocenters. The van der Waals surface area contributed by atoms with E-state index < -0.39 is 0 Å². The normalized spacial score (nSPS) is 22.9. The molecule has 3 rings (SSSR count). The van der Waals surface area contributed by atoms with Gasteiger partial charge in [-0.05, 0) is 25.7 Å². The Bertz CT molecular complexity index is 443. The molecule has 0 aromatic carbocycles. The van der Waals surface area contributed by atoms with E-state index in [0.717, 1.165) is 26.1 Å². The lowest BCUT2D eigenvalue weighted by Crippen LogP contribution is -2.32. The number of piperidine rings is 1. The number of aromatic nitrogens is 3. The Kier molecular flexibility index (Phi) is 4.12. The summed E-state index contributed by atoms with van der Waals surface area (Å²) < 4.78 is 5.35. The molecule has 3 heterocycles. The summed E-state index contributed by atoms with van der Waals surface area (Å²) in [4.78, 5) is 15.3. The molecule has 0 radical (unpaired) electrons. The second-order valence-electron chi connectivity index (χ2n) is 5.18. The number of nitrogen functional groups attached to an aromatic ring is 1. The molecule has 2 fully saturated rings. The van der Waals surface area contributed by atoms with Gasteiger partial charge < -0.3 is 15.0 Å². The SMILES string of the molecule is NNc1nc(NC2CCOC2)nc(N2CCCCC2)n1. The molecular weight excluding hydrogens is 258 g/mol. The fraction of sp³-hybridized carbons (Fsp3) is 0.750. The van der Waals surface area contributed by atoms with Gasteiger partial charge >= 0.3 is 0 Å². The monoisotopic (exact) mass is 279 g/mol. The molecule has 1 aromatic rings. The van der Waals surface area contributed by atoms with Crippen molar-refractivity contribution in [2.24, 2.45) is 5.84 Å². The van der Waals surface area contributed by atoms with Crippen LogP contribution in [0.3, 0.4) is 0 Å². The molecule has 0 bridgehead atoms. The number of anilines is 3. The van der Waals surface area contributed by atoms with Gasteiger partial charge in [-0.25, -0.2) is 5.84 Å². The first kappa shape index (κ1) is 13.3. The van der Waals surface area contributed by atoms with Crippen molar-refractivity contribution in [3.05, 3.63) is 0 Å². The molecule has 2 aliphatic rings. The van der Waals surface area contributed by atoms with E-state index in [1.807, 2.05) is 0 Å². The number of nitrogens with zero attached hydrogens (tertiary/aromatic N) is 4. The summed E-state index contributed by atoms with van der Waals surface area (Å²) >= 11 is 0. The third kappa shape index (κ3) is 3.07. The predicted molar refractivity (Wildman–Crippen MR) is 76.5 cm³/mol. The molecule has 2 aliphatic heterocycles. The average molecular weight is 279 g/mol. The summed E-state index contributed by atoms with van der Waals surface area (Å²) in [7, 11) is 0. The van der Waals surface area contributed by atoms with Crippen molar-refractivity contribution in [2.75, 3.05) is 41.9 Å². The second-order valence-corrected chi connectivity index (χ2v) is 5.18. The van der Waals surface area contributed by atoms with Crippen molar-refractivity contribution in [1.82, 2.24) is 15.0 Å². The van der Waals surface area contributed by atoms with Gasteiger partial charge in [-0.1, -0.05) is 0 Å². The zero-order chi connectivity index (χ0) is 13.8. The van der Waals surface area contributed by atoms with Crippen molar-refractivity contribution < 1.29 is 4.74 Å². The maximum atomic E-state index is 5.45. The van der Waals surface area contributed by atoms with E-state index in [0.29, 0.717) is 24.5 Å². The average Bonchev–Trinajstić information content (AvgIpc) is 3.00. The largest absolute Gasteiger partial charge is 0.379 e. The minimum absolute atomic E-state index is 0.261. The first-order valence-corrected chi connectivity index (χ1v) is 7.17. The molecular formula is C12H21N7O. The summed E-state index contributed by atoms with van der Waals surface area (Å²) in [5.41, 5.74) is 2.51. The minimum Gasteiger partial charge on any atom is -0.379 e. The number of nitrogens with two attached hydrogens (primary N) is 1. The van der Waals surface area contributed by atoms with Crippen LogP contribution in [0.4, 0.5) is 17.8 Å². The van der Waals surface area contributed by atoms with Gasteiger partial charge in [0.15, 0.2) is 0 Å². The molecule has 20 heavy (non-hydrogen) atoms. The lowest BCUT2D eigenvalue weighted by Gasteiger charge is -2.27. The van der Waals surface area contributed by atoms with Crippen molar-refractivity contribution in [3.8, 4) is 0 Å². The van der Waals surface area contributed by atoms with Crippen LogP contribution in [0.25, 0.3) is 0 Å². The standard InChI is InChI=1S/C12H21N7O/c13-18-11-15-10(14-9-4-7-20-8-9)16-12(17-11)19-5-2-1-3-6-19/h9H,1-8,13H2,(H2,14,15,16,17,18). The van der Waals surface area contributed by atoms with E-state index in [9.17, 15) is 0 Å². The zero-order valence-corrected chi connectivity index (χ0v) is 11.5. The van der Waals surface area contributed by atoms with Gasteiger partial charge in [-0.2, -0.15) is 15.0 Å². The molecule has 4 N–H and O–H groups in total. The number of nitrogens with one attached hydrogen (secondary N) is 2. The Morgan fingerprint density at radius 1 is 1.10 bits per heavy atom. The van der Waals surface area contributed by atoms with E-state index in [2.05, 4.69) is 30.6 Å². The lowest BCUT2D eigenvalue weighted by molar-refractivity contribution is 0.195. The van der Waals surface area contributed by atoms with Crippen molar-refractivity contribution in [3.63, 3.8) is 0 Å². The van der Waals surface area contributed by atoms with Crippen LogP contribution in [0.5, 0.6) is 0 Å². The van der Waals surface area contributed by atoms with Crippen LogP contribution < -0.4 is 21.5 Å². The predicted octanol–water partition coefficient (Wildman–Crippen LogP) is 0.348. The van der Waals surface area contributed by atoms with Gasteiger partial charge in [-0.15, -0.1) is 0 Å². The third-order valence-electron chi connectivity index (χ3n) is 3.65. The third-order valence-corrected chi connectivity index (χ3v) is 3.65. The van der Waals surface area contributed by atoms with Crippen LogP contribution in [0.15, 0.2) is 0 Å². The first-order chi connectivity index (χ1) is 9.85. The number of hydrazine groups is 1. The van der Waals surface area contributed by atoms with Gasteiger partial charge in [0, 0.05) is 19.7 Å². The van der Waals surface area contributed by atoms with Crippen LogP contribution in [0.1, 0.15) is 25.7 Å². The summed E-state index contributed by atoms with van der Waals surface area (Å²) in [5, 5.41) is 3.29. The lowest BCUT2D eigenvalue weighted by atomic mass is 10.1. The zero-order valence-electron chi connectivity index (χ0n) is 11.5. The number of ether oxygens (including phenoxy) is 1. The highest BCUT2D eigenvalue weighted by atomic mass is 16.5. The van der Waals surface area contributed by atoms with E-state index in [1.165, 1.54) is 19.3 Å². The molecule has 0 saturated carbocycles. The Morgan fingerprint density at radius 3 is 2.60 bits per heavy atom. The van der Waals surface area contributed by atoms with Crippen LogP contribution in [-0.4, -0.2) is 47.3 Å². The summed E-state index contributed by atoms with van der Waals surface area (Å²) in [5.74, 6) is 7.09. The Hall–Kier alpha value is -1.67. The minimum atomic E-state index is 0.261. The van der Waals surface area contributed by atoms with Crippen LogP contribution >= 0.6 is 0 Å². The first-order valence-electron chi connectivity index (χ1n) is 7.17. The fourth-order valence-electron chi connectivity index (χ4n) is 2.56. The fourth-order valence-corrected chi connectivity index (χ4v) is 2.56. The highest BCUT2D eigenvalue weighted by Gasteiger charge is 2.19. The maximum absolute atomic E-state index is 5.45. The van der Waals surface area contributed by atoms with Gasteiger partial charge in [0.05, 0.1) is 12.6 Å². The van der Waals surface area contributed by atoms with Gasteiger partial charge in [0.25, 0.3) is 0 Å². The highest BCUT2D eigenvalue weighted by Crippen LogP contribution is 2.19. The molecule has 0 spiro atoms. The van der Waals surface area contributed by atoms with Crippen molar-refractivity contribution in [1.29, 1.82) is 0 Å². The van der Waals surface area contributed by atoms with E-state index in [-0.39, 0.29) is 6.04 Å². The number of rotatable bonds is 4. The highest BCUT2D eigenvalue weighted by molar-refractivity contribution is 5.44. The van der Waals surface area contributed by atoms with Crippen molar-refractivity contribution in [2.45, 2.75) is 31.7 Å². The summed E-state index contributed by atoms with van der Waals surface area (Å²) in [6.45, 7) is 3.44. The van der Waals surface area contributed by atoms with Gasteiger partial charge in [-0.3, -0.25) is 5.43 Å². The molecule has 1 aromatic heterocycles. The summed E-state index contributed by atoms with van der Waals surface area (Å²) in [6, 6.07) is 0.261. The maximum Gasteiger partial charge on any atom is 0.243 e. The number of hydrogen-bond donors (Lipinski definition) is 3. The molecule has 8 nitrogen and oxygen atoms in total. The smallest absolute Gasteiger partial charge is 0.243 e. The Balaban J connectivity index is 1.77. The van der Waals surface area contributed by atoms with Gasteiger partial charge in [0.2, 0.25) is 17.8 Å². The van der Waals surface area contributed by atoms with E-state index in [1.54, 1.807) is 0 Å². The van der Waals surface area contributed by atoms with E-state index >= 15 is 0 Å². The topological polar surface area (TPSA) is 101 Å². The molecule has 110 valence electrons. The van der Waals surface area contributed by atoms with Crippen LogP contribution in [0, 0.1) is 0 Å². The quantitative estimate of drug-likeness (QED) is 0.536.